The highest BCUT2D eigenvalue weighted by atomic mass is 16.6. The van der Waals surface area contributed by atoms with Crippen molar-refractivity contribution < 1.29 is 19.2 Å². The number of carbonyl (C=O) groups is 1. The number of hydrogen-bond donors (Lipinski definition) is 2. The van der Waals surface area contributed by atoms with E-state index in [0.717, 1.165) is 6.07 Å². The summed E-state index contributed by atoms with van der Waals surface area (Å²) in [5, 5.41) is 14.6. The van der Waals surface area contributed by atoms with Gasteiger partial charge in [-0.1, -0.05) is 0 Å². The Hall–Kier alpha value is -3.62. The van der Waals surface area contributed by atoms with E-state index in [4.69, 9.17) is 15.2 Å². The number of nitrogens with one attached hydrogen (secondary N) is 1. The molecule has 0 saturated carbocycles. The first-order valence-electron chi connectivity index (χ1n) is 7.05. The first-order chi connectivity index (χ1) is 11.9. The predicted molar refractivity (Wildman–Crippen MR) is 92.1 cm³/mol. The molecule has 0 radical (unpaired) electrons. The number of amides is 1. The molecule has 0 heterocycles. The predicted octanol–water partition coefficient (Wildman–Crippen LogP) is 1.96. The summed E-state index contributed by atoms with van der Waals surface area (Å²) >= 11 is 0. The maximum atomic E-state index is 12.0. The minimum absolute atomic E-state index is 0.0381. The average Bonchev–Trinajstić information content (AvgIpc) is 2.60. The lowest BCUT2D eigenvalue weighted by Crippen LogP contribution is -2.18. The van der Waals surface area contributed by atoms with E-state index in [9.17, 15) is 14.9 Å². The number of nitrogen functional groups attached to an aromatic ring is 1. The Morgan fingerprint density at radius 1 is 1.20 bits per heavy atom. The zero-order valence-electron chi connectivity index (χ0n) is 13.6. The third kappa shape index (κ3) is 4.44. The number of nitro groups is 1. The molecule has 2 rings (SSSR count). The SMILES string of the molecule is COc1ccc(C=NNC(=O)c2cc(N)cc([N+](=O)[O-])c2)cc1OC. The van der Waals surface area contributed by atoms with Gasteiger partial charge in [0.1, 0.15) is 0 Å². The van der Waals surface area contributed by atoms with Gasteiger partial charge in [0.2, 0.25) is 0 Å². The Kier molecular flexibility index (Phi) is 5.51. The lowest BCUT2D eigenvalue weighted by molar-refractivity contribution is -0.384. The van der Waals surface area contributed by atoms with Crippen molar-refractivity contribution in [2.45, 2.75) is 0 Å². The van der Waals surface area contributed by atoms with Crippen molar-refractivity contribution in [3.63, 3.8) is 0 Å². The molecule has 0 aromatic heterocycles. The fourth-order valence-corrected chi connectivity index (χ4v) is 2.03. The zero-order valence-corrected chi connectivity index (χ0v) is 13.6. The van der Waals surface area contributed by atoms with Crippen LogP contribution in [0, 0.1) is 10.1 Å². The number of hydrogen-bond acceptors (Lipinski definition) is 7. The molecule has 9 nitrogen and oxygen atoms in total. The highest BCUT2D eigenvalue weighted by Gasteiger charge is 2.13. The van der Waals surface area contributed by atoms with Crippen molar-refractivity contribution in [1.29, 1.82) is 0 Å². The monoisotopic (exact) mass is 344 g/mol. The van der Waals surface area contributed by atoms with E-state index < -0.39 is 10.8 Å². The van der Waals surface area contributed by atoms with Gasteiger partial charge in [-0.3, -0.25) is 14.9 Å². The summed E-state index contributed by atoms with van der Waals surface area (Å²) in [5.41, 5.74) is 8.40. The fourth-order valence-electron chi connectivity index (χ4n) is 2.03. The normalized spacial score (nSPS) is 10.5. The second-order valence-electron chi connectivity index (χ2n) is 4.88. The van der Waals surface area contributed by atoms with Crippen molar-refractivity contribution in [3.05, 3.63) is 57.6 Å². The summed E-state index contributed by atoms with van der Waals surface area (Å²) in [6.45, 7) is 0. The minimum Gasteiger partial charge on any atom is -0.493 e. The van der Waals surface area contributed by atoms with Crippen LogP contribution in [0.5, 0.6) is 11.5 Å². The molecule has 0 aliphatic carbocycles. The number of hydrazone groups is 1. The molecule has 0 aliphatic rings. The van der Waals surface area contributed by atoms with Crippen molar-refractivity contribution in [2.75, 3.05) is 20.0 Å². The first-order valence-corrected chi connectivity index (χ1v) is 7.05. The smallest absolute Gasteiger partial charge is 0.272 e. The van der Waals surface area contributed by atoms with Gasteiger partial charge in [-0.2, -0.15) is 5.10 Å². The van der Waals surface area contributed by atoms with Crippen LogP contribution in [0.25, 0.3) is 0 Å². The van der Waals surface area contributed by atoms with E-state index in [2.05, 4.69) is 10.5 Å². The summed E-state index contributed by atoms with van der Waals surface area (Å²) in [7, 11) is 3.03. The summed E-state index contributed by atoms with van der Waals surface area (Å²) in [5.74, 6) is 0.465. The topological polar surface area (TPSA) is 129 Å². The maximum Gasteiger partial charge on any atom is 0.272 e. The molecule has 1 amide bonds. The summed E-state index contributed by atoms with van der Waals surface area (Å²) < 4.78 is 10.3. The fraction of sp³-hybridized carbons (Fsp3) is 0.125. The molecule has 3 N–H and O–H groups in total. The summed E-state index contributed by atoms with van der Waals surface area (Å²) in [4.78, 5) is 22.2. The van der Waals surface area contributed by atoms with E-state index in [1.54, 1.807) is 18.2 Å². The van der Waals surface area contributed by atoms with Gasteiger partial charge in [-0.15, -0.1) is 0 Å². The van der Waals surface area contributed by atoms with Gasteiger partial charge in [0.05, 0.1) is 30.9 Å². The highest BCUT2D eigenvalue weighted by molar-refractivity contribution is 5.96. The lowest BCUT2D eigenvalue weighted by atomic mass is 10.1. The number of ether oxygens (including phenoxy) is 2. The number of non-ortho nitro benzene ring substituents is 1. The van der Waals surface area contributed by atoms with Crippen LogP contribution >= 0.6 is 0 Å². The number of rotatable bonds is 6. The Bertz CT molecular complexity index is 835. The van der Waals surface area contributed by atoms with E-state index >= 15 is 0 Å². The standard InChI is InChI=1S/C16H16N4O5/c1-24-14-4-3-10(5-15(14)25-2)9-18-19-16(21)11-6-12(17)8-13(7-11)20(22)23/h3-9H,17H2,1-2H3,(H,19,21). The van der Waals surface area contributed by atoms with Crippen molar-refractivity contribution >= 4 is 23.5 Å². The molecule has 2 aromatic rings. The van der Waals surface area contributed by atoms with Gasteiger partial charge in [0.15, 0.2) is 11.5 Å². The van der Waals surface area contributed by atoms with Gasteiger partial charge < -0.3 is 15.2 Å². The number of nitro benzene ring substituents is 1. The van der Waals surface area contributed by atoms with Crippen LogP contribution in [-0.2, 0) is 0 Å². The number of carbonyl (C=O) groups excluding carboxylic acids is 1. The van der Waals surface area contributed by atoms with E-state index in [1.807, 2.05) is 0 Å². The number of methoxy groups -OCH3 is 2. The van der Waals surface area contributed by atoms with Crippen LogP contribution in [-0.4, -0.2) is 31.3 Å². The van der Waals surface area contributed by atoms with Crippen LogP contribution in [0.1, 0.15) is 15.9 Å². The Morgan fingerprint density at radius 3 is 2.56 bits per heavy atom. The summed E-state index contributed by atoms with van der Waals surface area (Å²) in [6, 6.07) is 8.72. The van der Waals surface area contributed by atoms with Crippen molar-refractivity contribution in [1.82, 2.24) is 5.43 Å². The molecule has 25 heavy (non-hydrogen) atoms. The van der Waals surface area contributed by atoms with Gasteiger partial charge in [-0.05, 0) is 29.8 Å². The van der Waals surface area contributed by atoms with Gasteiger partial charge in [0, 0.05) is 17.8 Å². The molecule has 130 valence electrons. The Labute approximate surface area is 143 Å². The molecule has 0 atom stereocenters. The maximum absolute atomic E-state index is 12.0. The number of anilines is 1. The molecule has 0 fully saturated rings. The lowest BCUT2D eigenvalue weighted by Gasteiger charge is -2.07. The van der Waals surface area contributed by atoms with E-state index in [0.29, 0.717) is 17.1 Å². The second-order valence-corrected chi connectivity index (χ2v) is 4.88. The highest BCUT2D eigenvalue weighted by Crippen LogP contribution is 2.26. The first kappa shape index (κ1) is 17.7. The van der Waals surface area contributed by atoms with Gasteiger partial charge in [0.25, 0.3) is 11.6 Å². The number of nitrogens with zero attached hydrogens (tertiary/aromatic N) is 2. The molecule has 0 unspecified atom stereocenters. The number of benzene rings is 2. The van der Waals surface area contributed by atoms with Gasteiger partial charge in [-0.25, -0.2) is 5.43 Å². The average molecular weight is 344 g/mol. The van der Waals surface area contributed by atoms with Crippen LogP contribution in [0.4, 0.5) is 11.4 Å². The minimum atomic E-state index is -0.625. The Morgan fingerprint density at radius 2 is 1.92 bits per heavy atom. The molecular formula is C16H16N4O5. The molecule has 0 bridgehead atoms. The molecule has 2 aromatic carbocycles. The third-order valence-corrected chi connectivity index (χ3v) is 3.20. The van der Waals surface area contributed by atoms with Crippen LogP contribution < -0.4 is 20.6 Å². The Balaban J connectivity index is 2.12. The largest absolute Gasteiger partial charge is 0.493 e. The number of nitrogens with two attached hydrogens (primary N) is 1. The molecule has 0 spiro atoms. The zero-order chi connectivity index (χ0) is 18.4. The van der Waals surface area contributed by atoms with Crippen molar-refractivity contribution in [3.8, 4) is 11.5 Å². The van der Waals surface area contributed by atoms with Crippen LogP contribution in [0.3, 0.4) is 0 Å². The molecule has 0 aliphatic heterocycles. The van der Waals surface area contributed by atoms with Crippen LogP contribution in [0.15, 0.2) is 41.5 Å². The van der Waals surface area contributed by atoms with E-state index in [-0.39, 0.29) is 16.9 Å². The van der Waals surface area contributed by atoms with Gasteiger partial charge >= 0.3 is 0 Å². The molecular weight excluding hydrogens is 328 g/mol. The molecule has 9 heteroatoms. The molecule has 0 saturated heterocycles. The van der Waals surface area contributed by atoms with Crippen LogP contribution in [0.2, 0.25) is 0 Å². The summed E-state index contributed by atoms with van der Waals surface area (Å²) in [6.07, 6.45) is 1.40. The quantitative estimate of drug-likeness (QED) is 0.357. The second kappa shape index (κ2) is 7.77. The van der Waals surface area contributed by atoms with E-state index in [1.165, 1.54) is 32.6 Å². The van der Waals surface area contributed by atoms with Crippen molar-refractivity contribution in [2.24, 2.45) is 5.10 Å². The third-order valence-electron chi connectivity index (χ3n) is 3.20.